The van der Waals surface area contributed by atoms with E-state index >= 15 is 0 Å². The van der Waals surface area contributed by atoms with Crippen LogP contribution in [-0.4, -0.2) is 63.5 Å². The highest BCUT2D eigenvalue weighted by Gasteiger charge is 2.53. The molecule has 1 aliphatic carbocycles. The van der Waals surface area contributed by atoms with Crippen LogP contribution in [0.1, 0.15) is 30.4 Å². The van der Waals surface area contributed by atoms with Crippen LogP contribution in [0, 0.1) is 17.8 Å². The second-order valence-corrected chi connectivity index (χ2v) is 10.3. The Morgan fingerprint density at radius 2 is 1.86 bits per heavy atom. The molecule has 0 unspecified atom stereocenters. The van der Waals surface area contributed by atoms with Gasteiger partial charge in [-0.3, -0.25) is 14.5 Å². The van der Waals surface area contributed by atoms with E-state index in [0.29, 0.717) is 23.1 Å². The number of amides is 2. The first kappa shape index (κ1) is 26.3. The van der Waals surface area contributed by atoms with Gasteiger partial charge in [0.05, 0.1) is 31.2 Å². The Morgan fingerprint density at radius 3 is 2.53 bits per heavy atom. The number of benzene rings is 2. The van der Waals surface area contributed by atoms with Gasteiger partial charge in [0.25, 0.3) is 0 Å². The molecule has 7 nitrogen and oxygen atoms in total. The molecule has 1 saturated heterocycles. The number of hydrogen-bond donors (Lipinski definition) is 4. The van der Waals surface area contributed by atoms with E-state index in [2.05, 4.69) is 15.9 Å². The van der Waals surface area contributed by atoms with Crippen molar-refractivity contribution >= 4 is 39.4 Å². The van der Waals surface area contributed by atoms with Crippen molar-refractivity contribution in [2.24, 2.45) is 17.8 Å². The van der Waals surface area contributed by atoms with Crippen LogP contribution >= 0.6 is 15.9 Å². The van der Waals surface area contributed by atoms with Gasteiger partial charge in [0.15, 0.2) is 0 Å². The van der Waals surface area contributed by atoms with Crippen LogP contribution in [0.4, 0.5) is 0 Å². The summed E-state index contributed by atoms with van der Waals surface area (Å²) >= 11 is 3.43. The van der Waals surface area contributed by atoms with Crippen LogP contribution in [0.25, 0.3) is 11.6 Å². The number of allylic oxidation sites excluding steroid dienone is 1. The molecule has 0 aromatic heterocycles. The third-order valence-electron chi connectivity index (χ3n) is 7.30. The molecule has 2 aromatic carbocycles. The largest absolute Gasteiger partial charge is 0.507 e. The molecule has 1 aliphatic heterocycles. The van der Waals surface area contributed by atoms with Gasteiger partial charge >= 0.3 is 0 Å². The summed E-state index contributed by atoms with van der Waals surface area (Å²) < 4.78 is 0.819. The Balaban J connectivity index is 1.64. The normalized spacial score (nSPS) is 23.3. The van der Waals surface area contributed by atoms with Crippen LogP contribution in [0.3, 0.4) is 0 Å². The van der Waals surface area contributed by atoms with Crippen molar-refractivity contribution < 1.29 is 30.0 Å². The van der Waals surface area contributed by atoms with Crippen molar-refractivity contribution in [2.75, 3.05) is 20.3 Å². The molecule has 190 valence electrons. The number of phenols is 1. The third-order valence-corrected chi connectivity index (χ3v) is 7.80. The van der Waals surface area contributed by atoms with Crippen molar-refractivity contribution in [2.45, 2.75) is 25.4 Å². The van der Waals surface area contributed by atoms with Gasteiger partial charge in [-0.2, -0.15) is 0 Å². The standard InChI is InChI=1S/C28H30BrNO6/c1-30-27(35)21-13-19(14-31)25(22(15-32)26(21)28(30)36)24(34)9-7-17(16-5-3-2-4-6-16)11-18-12-20(29)8-10-23(18)33/h2-6,8,10-12,21-22,24,26,31-34H,7,9,13-15H2,1H3/b17-11-/t21-,22+,24-,26-/m1/s1. The number of aromatic hydroxyl groups is 1. The third kappa shape index (κ3) is 5.04. The number of fused-ring (bicyclic) bond motifs is 1. The Bertz CT molecular complexity index is 1210. The molecule has 1 heterocycles. The van der Waals surface area contributed by atoms with Crippen molar-refractivity contribution in [1.82, 2.24) is 4.90 Å². The van der Waals surface area contributed by atoms with Crippen molar-refractivity contribution in [3.63, 3.8) is 0 Å². The molecule has 1 fully saturated rings. The Kier molecular flexibility index (Phi) is 8.10. The first-order valence-corrected chi connectivity index (χ1v) is 12.7. The van der Waals surface area contributed by atoms with E-state index in [9.17, 15) is 30.0 Å². The van der Waals surface area contributed by atoms with E-state index in [1.54, 1.807) is 12.1 Å². The molecular weight excluding hydrogens is 526 g/mol. The van der Waals surface area contributed by atoms with E-state index < -0.39 is 30.5 Å². The Hall–Kier alpha value is -2.78. The lowest BCUT2D eigenvalue weighted by molar-refractivity contribution is -0.138. The van der Waals surface area contributed by atoms with Gasteiger partial charge in [-0.05, 0) is 65.8 Å². The SMILES string of the molecule is CN1C(=O)[C@@H]2[C@@H](CC(CO)=C([C@H](O)CC/C(=C/c3cc(Br)ccc3O)c3ccccc3)[C@@H]2CO)C1=O. The molecule has 4 atom stereocenters. The lowest BCUT2D eigenvalue weighted by Crippen LogP contribution is -2.39. The average Bonchev–Trinajstić information content (AvgIpc) is 3.11. The highest BCUT2D eigenvalue weighted by Crippen LogP contribution is 2.46. The predicted octanol–water partition coefficient (Wildman–Crippen LogP) is 3.37. The van der Waals surface area contributed by atoms with Gasteiger partial charge < -0.3 is 20.4 Å². The first-order chi connectivity index (χ1) is 17.3. The zero-order valence-corrected chi connectivity index (χ0v) is 21.6. The molecule has 4 N–H and O–H groups in total. The topological polar surface area (TPSA) is 118 Å². The van der Waals surface area contributed by atoms with E-state index in [0.717, 1.165) is 20.5 Å². The molecule has 0 radical (unpaired) electrons. The monoisotopic (exact) mass is 555 g/mol. The number of carbonyl (C=O) groups excluding carboxylic acids is 2. The van der Waals surface area contributed by atoms with Crippen LogP contribution in [0.2, 0.25) is 0 Å². The maximum atomic E-state index is 12.8. The summed E-state index contributed by atoms with van der Waals surface area (Å²) in [6.07, 6.45) is 1.73. The number of aliphatic hydroxyl groups excluding tert-OH is 3. The lowest BCUT2D eigenvalue weighted by atomic mass is 9.68. The van der Waals surface area contributed by atoms with Gasteiger partial charge in [-0.25, -0.2) is 0 Å². The van der Waals surface area contributed by atoms with Crippen LogP contribution in [0.15, 0.2) is 64.1 Å². The minimum absolute atomic E-state index is 0.129. The number of halogens is 1. The summed E-state index contributed by atoms with van der Waals surface area (Å²) in [7, 11) is 1.43. The summed E-state index contributed by atoms with van der Waals surface area (Å²) in [4.78, 5) is 26.4. The zero-order chi connectivity index (χ0) is 26.0. The minimum Gasteiger partial charge on any atom is -0.507 e. The number of carbonyl (C=O) groups is 2. The molecule has 0 saturated carbocycles. The maximum absolute atomic E-state index is 12.8. The summed E-state index contributed by atoms with van der Waals surface area (Å²) in [6.45, 7) is -0.762. The van der Waals surface area contributed by atoms with E-state index in [1.165, 1.54) is 7.05 Å². The number of phenolic OH excluding ortho intramolecular Hbond substituents is 1. The molecule has 2 aliphatic rings. The average molecular weight is 556 g/mol. The van der Waals surface area contributed by atoms with E-state index in [1.807, 2.05) is 42.5 Å². The van der Waals surface area contributed by atoms with Crippen LogP contribution in [0.5, 0.6) is 5.75 Å². The summed E-state index contributed by atoms with van der Waals surface area (Å²) in [6, 6.07) is 14.8. The fourth-order valence-electron chi connectivity index (χ4n) is 5.49. The summed E-state index contributed by atoms with van der Waals surface area (Å²) in [5, 5.41) is 41.9. The summed E-state index contributed by atoms with van der Waals surface area (Å²) in [5.74, 6) is -2.65. The molecule has 2 amide bonds. The van der Waals surface area contributed by atoms with Gasteiger partial charge in [0.2, 0.25) is 11.8 Å². The number of rotatable bonds is 8. The molecular formula is C28H30BrNO6. The highest BCUT2D eigenvalue weighted by molar-refractivity contribution is 9.10. The highest BCUT2D eigenvalue weighted by atomic mass is 79.9. The van der Waals surface area contributed by atoms with Crippen LogP contribution in [-0.2, 0) is 9.59 Å². The van der Waals surface area contributed by atoms with Crippen molar-refractivity contribution in [3.05, 3.63) is 75.3 Å². The molecule has 0 spiro atoms. The Labute approximate surface area is 218 Å². The number of imide groups is 1. The second kappa shape index (κ2) is 11.1. The van der Waals surface area contributed by atoms with Gasteiger partial charge in [-0.1, -0.05) is 46.3 Å². The first-order valence-electron chi connectivity index (χ1n) is 11.9. The number of aliphatic hydroxyl groups is 3. The molecule has 2 aromatic rings. The molecule has 8 heteroatoms. The van der Waals surface area contributed by atoms with Gasteiger partial charge in [0, 0.05) is 23.0 Å². The fraction of sp³-hybridized carbons (Fsp3) is 0.357. The van der Waals surface area contributed by atoms with Gasteiger partial charge in [-0.15, -0.1) is 0 Å². The maximum Gasteiger partial charge on any atom is 0.233 e. The lowest BCUT2D eigenvalue weighted by Gasteiger charge is -2.36. The van der Waals surface area contributed by atoms with Crippen molar-refractivity contribution in [1.29, 1.82) is 0 Å². The predicted molar refractivity (Wildman–Crippen MR) is 139 cm³/mol. The number of nitrogens with zero attached hydrogens (tertiary/aromatic N) is 1. The second-order valence-electron chi connectivity index (χ2n) is 9.37. The quantitative estimate of drug-likeness (QED) is 0.225. The van der Waals surface area contributed by atoms with E-state index in [-0.39, 0.29) is 37.0 Å². The Morgan fingerprint density at radius 1 is 1.14 bits per heavy atom. The molecule has 4 rings (SSSR count). The smallest absolute Gasteiger partial charge is 0.233 e. The van der Waals surface area contributed by atoms with E-state index in [4.69, 9.17) is 0 Å². The minimum atomic E-state index is -1.03. The van der Waals surface area contributed by atoms with Gasteiger partial charge in [0.1, 0.15) is 5.75 Å². The van der Waals surface area contributed by atoms with Crippen molar-refractivity contribution in [3.8, 4) is 5.75 Å². The molecule has 0 bridgehead atoms. The fourth-order valence-corrected chi connectivity index (χ4v) is 5.87. The zero-order valence-electron chi connectivity index (χ0n) is 20.0. The molecule has 36 heavy (non-hydrogen) atoms. The number of hydrogen-bond acceptors (Lipinski definition) is 6. The van der Waals surface area contributed by atoms with Crippen LogP contribution < -0.4 is 0 Å². The number of likely N-dealkylation sites (tertiary alicyclic amines) is 1. The summed E-state index contributed by atoms with van der Waals surface area (Å²) in [5.41, 5.74) is 3.40.